The molecule has 1 aliphatic carbocycles. The number of rotatable bonds is 4. The predicted octanol–water partition coefficient (Wildman–Crippen LogP) is -0.289. The second-order valence-corrected chi connectivity index (χ2v) is 6.53. The Morgan fingerprint density at radius 3 is 2.62 bits per heavy atom. The van der Waals surface area contributed by atoms with Gasteiger partial charge in [0.05, 0.1) is 6.61 Å². The molecule has 0 aliphatic heterocycles. The van der Waals surface area contributed by atoms with Crippen LogP contribution in [0.2, 0.25) is 0 Å². The van der Waals surface area contributed by atoms with Gasteiger partial charge >= 0.3 is 0 Å². The summed E-state index contributed by atoms with van der Waals surface area (Å²) >= 11 is 0. The van der Waals surface area contributed by atoms with E-state index in [0.29, 0.717) is 18.7 Å². The van der Waals surface area contributed by atoms with E-state index in [1.165, 1.54) is 7.05 Å². The normalized spacial score (nSPS) is 18.4. The summed E-state index contributed by atoms with van der Waals surface area (Å²) in [5.41, 5.74) is 0. The Balaban J connectivity index is 2.32. The molecule has 1 fully saturated rings. The summed E-state index contributed by atoms with van der Waals surface area (Å²) in [4.78, 5) is 0. The van der Waals surface area contributed by atoms with E-state index in [9.17, 15) is 8.42 Å². The molecule has 1 heterocycles. The SMILES string of the molecule is CN(c1ccn(C)n1)S(=O)(=O)C1(CO)CC1. The number of aryl methyl sites for hydroxylation is 1. The number of nitrogens with zero attached hydrogens (tertiary/aromatic N) is 3. The molecule has 0 bridgehead atoms. The molecule has 90 valence electrons. The molecule has 0 saturated heterocycles. The van der Waals surface area contributed by atoms with Crippen LogP contribution < -0.4 is 4.31 Å². The molecule has 16 heavy (non-hydrogen) atoms. The minimum absolute atomic E-state index is 0.327. The van der Waals surface area contributed by atoms with Crippen molar-refractivity contribution in [3.63, 3.8) is 0 Å². The van der Waals surface area contributed by atoms with Gasteiger partial charge in [-0.25, -0.2) is 8.42 Å². The third-order valence-electron chi connectivity index (χ3n) is 3.03. The standard InChI is InChI=1S/C9H15N3O3S/c1-11-6-3-8(10-11)12(2)16(14,15)9(7-13)4-5-9/h3,6,13H,4-5,7H2,1-2H3. The average molecular weight is 245 g/mol. The molecule has 7 heteroatoms. The van der Waals surface area contributed by atoms with Crippen LogP contribution in [0.25, 0.3) is 0 Å². The molecular weight excluding hydrogens is 230 g/mol. The molecular formula is C9H15N3O3S. The molecule has 0 amide bonds. The zero-order valence-corrected chi connectivity index (χ0v) is 10.1. The van der Waals surface area contributed by atoms with Crippen LogP contribution in [-0.2, 0) is 17.1 Å². The summed E-state index contributed by atoms with van der Waals surface area (Å²) in [5.74, 6) is 0.377. The highest BCUT2D eigenvalue weighted by Gasteiger charge is 2.56. The van der Waals surface area contributed by atoms with Gasteiger partial charge in [0.1, 0.15) is 4.75 Å². The molecule has 0 atom stereocenters. The van der Waals surface area contributed by atoms with Crippen molar-refractivity contribution in [1.82, 2.24) is 9.78 Å². The first-order chi connectivity index (χ1) is 7.43. The average Bonchev–Trinajstić information content (AvgIpc) is 2.95. The lowest BCUT2D eigenvalue weighted by Crippen LogP contribution is -2.40. The van der Waals surface area contributed by atoms with Gasteiger partial charge in [-0.2, -0.15) is 5.10 Å². The van der Waals surface area contributed by atoms with Crippen LogP contribution in [0.3, 0.4) is 0 Å². The lowest BCUT2D eigenvalue weighted by molar-refractivity contribution is 0.283. The molecule has 1 saturated carbocycles. The predicted molar refractivity (Wildman–Crippen MR) is 59.6 cm³/mol. The third kappa shape index (κ3) is 1.51. The van der Waals surface area contributed by atoms with Gasteiger partial charge in [-0.3, -0.25) is 8.99 Å². The fourth-order valence-electron chi connectivity index (χ4n) is 1.62. The monoisotopic (exact) mass is 245 g/mol. The van der Waals surface area contributed by atoms with E-state index in [0.717, 1.165) is 4.31 Å². The second kappa shape index (κ2) is 3.46. The Hall–Kier alpha value is -1.08. The molecule has 1 N–H and O–H groups in total. The van der Waals surface area contributed by atoms with Crippen molar-refractivity contribution in [2.45, 2.75) is 17.6 Å². The van der Waals surface area contributed by atoms with E-state index in [1.54, 1.807) is 24.0 Å². The first-order valence-electron chi connectivity index (χ1n) is 5.02. The fraction of sp³-hybridized carbons (Fsp3) is 0.667. The van der Waals surface area contributed by atoms with Crippen molar-refractivity contribution in [2.75, 3.05) is 18.0 Å². The summed E-state index contributed by atoms with van der Waals surface area (Å²) in [6.07, 6.45) is 2.71. The maximum atomic E-state index is 12.2. The molecule has 2 rings (SSSR count). The molecule has 1 aromatic heterocycles. The van der Waals surface area contributed by atoms with Crippen LogP contribution in [0, 0.1) is 0 Å². The van der Waals surface area contributed by atoms with Gasteiger partial charge in [-0.05, 0) is 12.8 Å². The molecule has 0 aromatic carbocycles. The summed E-state index contributed by atoms with van der Waals surface area (Å²) in [7, 11) is -0.319. The van der Waals surface area contributed by atoms with Crippen molar-refractivity contribution >= 4 is 15.8 Å². The zero-order chi connectivity index (χ0) is 12.0. The quantitative estimate of drug-likeness (QED) is 0.791. The Morgan fingerprint density at radius 2 is 2.25 bits per heavy atom. The highest BCUT2D eigenvalue weighted by molar-refractivity contribution is 7.94. The number of hydrogen-bond donors (Lipinski definition) is 1. The van der Waals surface area contributed by atoms with E-state index in [1.807, 2.05) is 0 Å². The number of aliphatic hydroxyl groups excluding tert-OH is 1. The molecule has 0 spiro atoms. The van der Waals surface area contributed by atoms with Crippen LogP contribution in [0.4, 0.5) is 5.82 Å². The van der Waals surface area contributed by atoms with Gasteiger partial charge in [-0.1, -0.05) is 0 Å². The minimum atomic E-state index is -3.51. The highest BCUT2D eigenvalue weighted by Crippen LogP contribution is 2.45. The van der Waals surface area contributed by atoms with E-state index < -0.39 is 14.8 Å². The maximum absolute atomic E-state index is 12.2. The third-order valence-corrected chi connectivity index (χ3v) is 5.57. The number of hydrogen-bond acceptors (Lipinski definition) is 4. The van der Waals surface area contributed by atoms with E-state index in [4.69, 9.17) is 5.11 Å². The molecule has 0 radical (unpaired) electrons. The number of sulfonamides is 1. The lowest BCUT2D eigenvalue weighted by atomic mass is 10.5. The summed E-state index contributed by atoms with van der Waals surface area (Å²) < 4.78 is 26.1. The molecule has 6 nitrogen and oxygen atoms in total. The Bertz CT molecular complexity index is 490. The Labute approximate surface area is 94.5 Å². The van der Waals surface area contributed by atoms with Gasteiger partial charge in [0.25, 0.3) is 0 Å². The van der Waals surface area contributed by atoms with Crippen LogP contribution in [0.5, 0.6) is 0 Å². The largest absolute Gasteiger partial charge is 0.395 e. The van der Waals surface area contributed by atoms with E-state index >= 15 is 0 Å². The van der Waals surface area contributed by atoms with Gasteiger partial charge in [0.2, 0.25) is 10.0 Å². The first-order valence-corrected chi connectivity index (χ1v) is 6.46. The summed E-state index contributed by atoms with van der Waals surface area (Å²) in [6.45, 7) is -0.327. The van der Waals surface area contributed by atoms with E-state index in [-0.39, 0.29) is 6.61 Å². The lowest BCUT2D eigenvalue weighted by Gasteiger charge is -2.22. The highest BCUT2D eigenvalue weighted by atomic mass is 32.2. The zero-order valence-electron chi connectivity index (χ0n) is 9.29. The van der Waals surface area contributed by atoms with Crippen molar-refractivity contribution in [2.24, 2.45) is 7.05 Å². The number of anilines is 1. The minimum Gasteiger partial charge on any atom is -0.395 e. The number of aromatic nitrogens is 2. The van der Waals surface area contributed by atoms with Crippen LogP contribution in [-0.4, -0.2) is 41.7 Å². The smallest absolute Gasteiger partial charge is 0.244 e. The Morgan fingerprint density at radius 1 is 1.62 bits per heavy atom. The maximum Gasteiger partial charge on any atom is 0.244 e. The van der Waals surface area contributed by atoms with Crippen LogP contribution in [0.1, 0.15) is 12.8 Å². The molecule has 1 aromatic rings. The van der Waals surface area contributed by atoms with Crippen molar-refractivity contribution in [3.05, 3.63) is 12.3 Å². The van der Waals surface area contributed by atoms with Crippen molar-refractivity contribution in [3.8, 4) is 0 Å². The van der Waals surface area contributed by atoms with Crippen molar-refractivity contribution in [1.29, 1.82) is 0 Å². The first kappa shape index (κ1) is 11.4. The van der Waals surface area contributed by atoms with Gasteiger partial charge in [0, 0.05) is 26.4 Å². The molecule has 1 aliphatic rings. The number of aliphatic hydroxyl groups is 1. The van der Waals surface area contributed by atoms with Gasteiger partial charge < -0.3 is 5.11 Å². The van der Waals surface area contributed by atoms with E-state index in [2.05, 4.69) is 5.10 Å². The summed E-state index contributed by atoms with van der Waals surface area (Å²) in [5, 5.41) is 13.2. The van der Waals surface area contributed by atoms with Crippen LogP contribution in [0.15, 0.2) is 12.3 Å². The van der Waals surface area contributed by atoms with Crippen molar-refractivity contribution < 1.29 is 13.5 Å². The topological polar surface area (TPSA) is 75.4 Å². The fourth-order valence-corrected chi connectivity index (χ4v) is 3.33. The van der Waals surface area contributed by atoms with Gasteiger partial charge in [0.15, 0.2) is 5.82 Å². The van der Waals surface area contributed by atoms with Gasteiger partial charge in [-0.15, -0.1) is 0 Å². The summed E-state index contributed by atoms with van der Waals surface area (Å²) in [6, 6.07) is 1.63. The molecule has 0 unspecified atom stereocenters. The second-order valence-electron chi connectivity index (χ2n) is 4.16. The van der Waals surface area contributed by atoms with Crippen LogP contribution >= 0.6 is 0 Å². The Kier molecular flexibility index (Phi) is 2.47.